The maximum Gasteiger partial charge on any atom is 0.306 e. The minimum Gasteiger partial charge on any atom is -0.481 e. The van der Waals surface area contributed by atoms with Crippen LogP contribution in [0.4, 0.5) is 0 Å². The van der Waals surface area contributed by atoms with Gasteiger partial charge in [-0.3, -0.25) is 4.79 Å². The van der Waals surface area contributed by atoms with Crippen LogP contribution in [-0.4, -0.2) is 23.7 Å². The number of carboxylic acid groups (broad SMARTS) is 1. The Bertz CT molecular complexity index is 207. The van der Waals surface area contributed by atoms with Crippen molar-refractivity contribution >= 4 is 5.97 Å². The summed E-state index contributed by atoms with van der Waals surface area (Å²) >= 11 is 0. The summed E-state index contributed by atoms with van der Waals surface area (Å²) in [5, 5.41) is 12.3. The van der Waals surface area contributed by atoms with E-state index < -0.39 is 5.97 Å². The lowest BCUT2D eigenvalue weighted by atomic mass is 10.0. The average molecular weight is 257 g/mol. The van der Waals surface area contributed by atoms with E-state index >= 15 is 0 Å². The van der Waals surface area contributed by atoms with E-state index in [9.17, 15) is 4.79 Å². The van der Waals surface area contributed by atoms with E-state index in [1.54, 1.807) is 6.92 Å². The second-order valence-electron chi connectivity index (χ2n) is 5.44. The molecule has 0 aromatic rings. The van der Waals surface area contributed by atoms with Crippen LogP contribution in [0.25, 0.3) is 0 Å². The van der Waals surface area contributed by atoms with Crippen LogP contribution in [0.5, 0.6) is 0 Å². The van der Waals surface area contributed by atoms with Crippen molar-refractivity contribution in [3.05, 3.63) is 0 Å². The summed E-state index contributed by atoms with van der Waals surface area (Å²) in [4.78, 5) is 10.7. The highest BCUT2D eigenvalue weighted by atomic mass is 16.4. The van der Waals surface area contributed by atoms with E-state index in [0.717, 1.165) is 25.8 Å². The first kappa shape index (κ1) is 17.4. The van der Waals surface area contributed by atoms with Crippen LogP contribution in [0.3, 0.4) is 0 Å². The summed E-state index contributed by atoms with van der Waals surface area (Å²) < 4.78 is 0. The van der Waals surface area contributed by atoms with Crippen molar-refractivity contribution in [3.63, 3.8) is 0 Å². The standard InChI is InChI=1S/C15H31NO2/c1-4-5-6-7-8-12-16-14(3)11-9-10-13(2)15(17)18/h13-14,16H,4-12H2,1-3H3,(H,17,18). The Morgan fingerprint density at radius 1 is 1.06 bits per heavy atom. The highest BCUT2D eigenvalue weighted by molar-refractivity contribution is 5.69. The van der Waals surface area contributed by atoms with Crippen LogP contribution in [0.1, 0.15) is 72.1 Å². The maximum absolute atomic E-state index is 10.7. The number of carbonyl (C=O) groups is 1. The summed E-state index contributed by atoms with van der Waals surface area (Å²) in [6.45, 7) is 7.31. The van der Waals surface area contributed by atoms with Gasteiger partial charge < -0.3 is 10.4 Å². The van der Waals surface area contributed by atoms with E-state index in [0.29, 0.717) is 6.04 Å². The topological polar surface area (TPSA) is 49.3 Å². The summed E-state index contributed by atoms with van der Waals surface area (Å²) in [5.41, 5.74) is 0. The maximum atomic E-state index is 10.7. The third kappa shape index (κ3) is 10.6. The van der Waals surface area contributed by atoms with Gasteiger partial charge in [-0.25, -0.2) is 0 Å². The molecule has 0 saturated carbocycles. The van der Waals surface area contributed by atoms with Crippen LogP contribution in [0.2, 0.25) is 0 Å². The van der Waals surface area contributed by atoms with Gasteiger partial charge >= 0.3 is 5.97 Å². The van der Waals surface area contributed by atoms with E-state index in [4.69, 9.17) is 5.11 Å². The molecule has 0 saturated heterocycles. The minimum atomic E-state index is -0.675. The van der Waals surface area contributed by atoms with Crippen molar-refractivity contribution < 1.29 is 9.90 Å². The zero-order valence-electron chi connectivity index (χ0n) is 12.4. The largest absolute Gasteiger partial charge is 0.481 e. The lowest BCUT2D eigenvalue weighted by molar-refractivity contribution is -0.141. The lowest BCUT2D eigenvalue weighted by Gasteiger charge is -2.14. The molecule has 0 bridgehead atoms. The second kappa shape index (κ2) is 11.5. The molecule has 0 aliphatic heterocycles. The molecule has 0 rings (SSSR count). The van der Waals surface area contributed by atoms with Gasteiger partial charge in [-0.2, -0.15) is 0 Å². The molecule has 0 aliphatic carbocycles. The predicted molar refractivity (Wildman–Crippen MR) is 76.9 cm³/mol. The van der Waals surface area contributed by atoms with Crippen LogP contribution >= 0.6 is 0 Å². The molecule has 2 N–H and O–H groups in total. The molecule has 108 valence electrons. The molecule has 0 aliphatic rings. The van der Waals surface area contributed by atoms with Crippen molar-refractivity contribution in [2.45, 2.75) is 78.2 Å². The summed E-state index contributed by atoms with van der Waals surface area (Å²) in [5.74, 6) is -0.877. The number of hydrogen-bond donors (Lipinski definition) is 2. The number of rotatable bonds is 12. The molecule has 0 heterocycles. The van der Waals surface area contributed by atoms with E-state index in [2.05, 4.69) is 19.2 Å². The van der Waals surface area contributed by atoms with Crippen molar-refractivity contribution in [2.24, 2.45) is 5.92 Å². The Labute approximate surface area is 112 Å². The first-order valence-corrected chi connectivity index (χ1v) is 7.54. The van der Waals surface area contributed by atoms with Gasteiger partial charge in [0.1, 0.15) is 0 Å². The third-order valence-electron chi connectivity index (χ3n) is 3.47. The zero-order chi connectivity index (χ0) is 13.8. The zero-order valence-corrected chi connectivity index (χ0v) is 12.4. The van der Waals surface area contributed by atoms with E-state index in [1.165, 1.54) is 32.1 Å². The van der Waals surface area contributed by atoms with Crippen molar-refractivity contribution in [1.29, 1.82) is 0 Å². The number of carboxylic acids is 1. The first-order chi connectivity index (χ1) is 8.57. The molecule has 0 fully saturated rings. The Hall–Kier alpha value is -0.570. The Morgan fingerprint density at radius 3 is 2.33 bits per heavy atom. The van der Waals surface area contributed by atoms with E-state index in [-0.39, 0.29) is 5.92 Å². The van der Waals surface area contributed by atoms with Gasteiger partial charge in [0.2, 0.25) is 0 Å². The summed E-state index contributed by atoms with van der Waals surface area (Å²) in [7, 11) is 0. The molecule has 0 spiro atoms. The SMILES string of the molecule is CCCCCCCNC(C)CCCC(C)C(=O)O. The highest BCUT2D eigenvalue weighted by Gasteiger charge is 2.10. The van der Waals surface area contributed by atoms with Gasteiger partial charge in [0.05, 0.1) is 5.92 Å². The fourth-order valence-corrected chi connectivity index (χ4v) is 2.03. The number of hydrogen-bond acceptors (Lipinski definition) is 2. The average Bonchev–Trinajstić information content (AvgIpc) is 2.33. The fraction of sp³-hybridized carbons (Fsp3) is 0.933. The van der Waals surface area contributed by atoms with Gasteiger partial charge in [-0.05, 0) is 32.7 Å². The Morgan fingerprint density at radius 2 is 1.72 bits per heavy atom. The Balaban J connectivity index is 3.32. The predicted octanol–water partition coefficient (Wildman–Crippen LogP) is 3.83. The number of unbranched alkanes of at least 4 members (excludes halogenated alkanes) is 4. The molecular formula is C15H31NO2. The molecule has 0 aromatic carbocycles. The van der Waals surface area contributed by atoms with Crippen molar-refractivity contribution in [1.82, 2.24) is 5.32 Å². The quantitative estimate of drug-likeness (QED) is 0.522. The van der Waals surface area contributed by atoms with Crippen LogP contribution in [0, 0.1) is 5.92 Å². The third-order valence-corrected chi connectivity index (χ3v) is 3.47. The Kier molecular flexibility index (Phi) is 11.2. The van der Waals surface area contributed by atoms with Crippen molar-refractivity contribution in [2.75, 3.05) is 6.54 Å². The lowest BCUT2D eigenvalue weighted by Crippen LogP contribution is -2.27. The summed E-state index contributed by atoms with van der Waals surface area (Å²) in [6.07, 6.45) is 9.44. The van der Waals surface area contributed by atoms with Crippen LogP contribution in [-0.2, 0) is 4.79 Å². The van der Waals surface area contributed by atoms with Gasteiger partial charge in [0, 0.05) is 6.04 Å². The number of aliphatic carboxylic acids is 1. The molecule has 3 heteroatoms. The fourth-order valence-electron chi connectivity index (χ4n) is 2.03. The van der Waals surface area contributed by atoms with Crippen LogP contribution in [0.15, 0.2) is 0 Å². The van der Waals surface area contributed by atoms with Gasteiger partial charge in [0.15, 0.2) is 0 Å². The smallest absolute Gasteiger partial charge is 0.306 e. The summed E-state index contributed by atoms with van der Waals surface area (Å²) in [6, 6.07) is 0.511. The molecule has 0 amide bonds. The molecule has 0 aromatic heterocycles. The van der Waals surface area contributed by atoms with E-state index in [1.807, 2.05) is 0 Å². The second-order valence-corrected chi connectivity index (χ2v) is 5.44. The number of nitrogens with one attached hydrogen (secondary N) is 1. The van der Waals surface area contributed by atoms with Crippen LogP contribution < -0.4 is 5.32 Å². The molecule has 2 atom stereocenters. The molecule has 18 heavy (non-hydrogen) atoms. The van der Waals surface area contributed by atoms with Crippen molar-refractivity contribution in [3.8, 4) is 0 Å². The van der Waals surface area contributed by atoms with Gasteiger partial charge in [-0.1, -0.05) is 46.0 Å². The minimum absolute atomic E-state index is 0.203. The highest BCUT2D eigenvalue weighted by Crippen LogP contribution is 2.09. The van der Waals surface area contributed by atoms with Gasteiger partial charge in [0.25, 0.3) is 0 Å². The monoisotopic (exact) mass is 257 g/mol. The first-order valence-electron chi connectivity index (χ1n) is 7.54. The molecular weight excluding hydrogens is 226 g/mol. The van der Waals surface area contributed by atoms with Gasteiger partial charge in [-0.15, -0.1) is 0 Å². The molecule has 0 radical (unpaired) electrons. The normalized spacial score (nSPS) is 14.4. The molecule has 3 nitrogen and oxygen atoms in total. The molecule has 2 unspecified atom stereocenters.